The molecule has 82 valence electrons. The van der Waals surface area contributed by atoms with Crippen LogP contribution in [0, 0.1) is 0 Å². The van der Waals surface area contributed by atoms with Crippen LogP contribution in [0.2, 0.25) is 0 Å². The second-order valence-electron chi connectivity index (χ2n) is 3.52. The van der Waals surface area contributed by atoms with Crippen molar-refractivity contribution in [2.75, 3.05) is 6.61 Å². The zero-order valence-corrected chi connectivity index (χ0v) is 8.95. The molecule has 0 unspecified atom stereocenters. The molecule has 0 saturated heterocycles. The molecule has 0 aromatic carbocycles. The minimum atomic E-state index is 0.158. The van der Waals surface area contributed by atoms with Crippen molar-refractivity contribution in [3.05, 3.63) is 12.2 Å². The Morgan fingerprint density at radius 1 is 0.786 bits per heavy atom. The van der Waals surface area contributed by atoms with Crippen LogP contribution >= 0.6 is 0 Å². The molecule has 0 radical (unpaired) electrons. The molecule has 14 heavy (non-hydrogen) atoms. The molecule has 0 aromatic rings. The van der Waals surface area contributed by atoms with Crippen LogP contribution in [0.1, 0.15) is 51.4 Å². The summed E-state index contributed by atoms with van der Waals surface area (Å²) < 4.78 is 0. The van der Waals surface area contributed by atoms with E-state index in [1.807, 2.05) is 6.08 Å². The number of carbonyl (C=O) groups excluding carboxylic acids is 1. The van der Waals surface area contributed by atoms with Crippen LogP contribution in [0.4, 0.5) is 0 Å². The molecule has 0 saturated carbocycles. The number of aldehydes is 1. The third-order valence-electron chi connectivity index (χ3n) is 2.21. The van der Waals surface area contributed by atoms with Crippen molar-refractivity contribution in [2.45, 2.75) is 51.4 Å². The molecule has 0 spiro atoms. The molecule has 0 heterocycles. The van der Waals surface area contributed by atoms with Crippen LogP contribution in [0.25, 0.3) is 0 Å². The molecule has 0 aliphatic carbocycles. The fraction of sp³-hybridized carbons (Fsp3) is 0.750. The lowest BCUT2D eigenvalue weighted by Gasteiger charge is -1.98. The van der Waals surface area contributed by atoms with E-state index in [9.17, 15) is 4.79 Å². The lowest BCUT2D eigenvalue weighted by molar-refractivity contribution is -0.107. The van der Waals surface area contributed by atoms with Gasteiger partial charge in [0, 0.05) is 6.42 Å². The first-order chi connectivity index (χ1) is 6.91. The van der Waals surface area contributed by atoms with E-state index in [2.05, 4.69) is 0 Å². The monoisotopic (exact) mass is 198 g/mol. The quantitative estimate of drug-likeness (QED) is 0.333. The summed E-state index contributed by atoms with van der Waals surface area (Å²) in [6.45, 7) is 0.158. The summed E-state index contributed by atoms with van der Waals surface area (Å²) in [4.78, 5) is 10.0. The van der Waals surface area contributed by atoms with Crippen LogP contribution in [-0.4, -0.2) is 18.0 Å². The van der Waals surface area contributed by atoms with Gasteiger partial charge in [0.1, 0.15) is 6.29 Å². The van der Waals surface area contributed by atoms with Gasteiger partial charge in [0.25, 0.3) is 0 Å². The molecule has 0 aromatic heterocycles. The van der Waals surface area contributed by atoms with E-state index in [0.29, 0.717) is 0 Å². The maximum atomic E-state index is 10.0. The fourth-order valence-electron chi connectivity index (χ4n) is 1.39. The van der Waals surface area contributed by atoms with Crippen LogP contribution in [0.5, 0.6) is 0 Å². The second kappa shape index (κ2) is 12.4. The normalized spacial score (nSPS) is 10.9. The van der Waals surface area contributed by atoms with Crippen LogP contribution in [-0.2, 0) is 4.79 Å². The van der Waals surface area contributed by atoms with E-state index >= 15 is 0 Å². The summed E-state index contributed by atoms with van der Waals surface area (Å²) in [6.07, 6.45) is 13.9. The molecular weight excluding hydrogens is 176 g/mol. The van der Waals surface area contributed by atoms with Gasteiger partial charge in [-0.1, -0.05) is 37.8 Å². The summed E-state index contributed by atoms with van der Waals surface area (Å²) in [7, 11) is 0. The van der Waals surface area contributed by atoms with Crippen LogP contribution in [0.15, 0.2) is 12.2 Å². The van der Waals surface area contributed by atoms with Crippen molar-refractivity contribution in [3.63, 3.8) is 0 Å². The molecule has 0 fully saturated rings. The van der Waals surface area contributed by atoms with E-state index in [-0.39, 0.29) is 6.61 Å². The Kier molecular flexibility index (Phi) is 11.8. The highest BCUT2D eigenvalue weighted by Gasteiger charge is 1.89. The van der Waals surface area contributed by atoms with Gasteiger partial charge in [0.05, 0.1) is 6.61 Å². The van der Waals surface area contributed by atoms with E-state index in [4.69, 9.17) is 5.11 Å². The smallest absolute Gasteiger partial charge is 0.119 e. The third kappa shape index (κ3) is 11.4. The Labute approximate surface area is 87.0 Å². The highest BCUT2D eigenvalue weighted by atomic mass is 16.2. The Morgan fingerprint density at radius 3 is 1.93 bits per heavy atom. The molecule has 0 rings (SSSR count). The van der Waals surface area contributed by atoms with Gasteiger partial charge < -0.3 is 9.90 Å². The first-order valence-corrected chi connectivity index (χ1v) is 5.61. The van der Waals surface area contributed by atoms with Crippen LogP contribution < -0.4 is 0 Å². The minimum absolute atomic E-state index is 0.158. The predicted molar refractivity (Wildman–Crippen MR) is 59.2 cm³/mol. The first kappa shape index (κ1) is 13.4. The zero-order valence-electron chi connectivity index (χ0n) is 8.95. The summed E-state index contributed by atoms with van der Waals surface area (Å²) in [6, 6.07) is 0. The van der Waals surface area contributed by atoms with Gasteiger partial charge in [0.2, 0.25) is 0 Å². The standard InChI is InChI=1S/C12H22O2/c13-11-9-7-5-3-1-2-4-6-8-10-12-14/h7,9,12-13H,1-6,8,10-11H2/b9-7+. The Morgan fingerprint density at radius 2 is 1.36 bits per heavy atom. The van der Waals surface area contributed by atoms with Gasteiger partial charge in [0.15, 0.2) is 0 Å². The molecule has 1 N–H and O–H groups in total. The average Bonchev–Trinajstić information content (AvgIpc) is 2.21. The van der Waals surface area contributed by atoms with Gasteiger partial charge in [-0.3, -0.25) is 0 Å². The van der Waals surface area contributed by atoms with Crippen LogP contribution in [0.3, 0.4) is 0 Å². The second-order valence-corrected chi connectivity index (χ2v) is 3.52. The Balaban J connectivity index is 2.91. The Bertz CT molecular complexity index is 141. The number of hydrogen-bond acceptors (Lipinski definition) is 2. The highest BCUT2D eigenvalue weighted by molar-refractivity contribution is 5.48. The first-order valence-electron chi connectivity index (χ1n) is 5.61. The summed E-state index contributed by atoms with van der Waals surface area (Å²) in [5.74, 6) is 0. The summed E-state index contributed by atoms with van der Waals surface area (Å²) >= 11 is 0. The largest absolute Gasteiger partial charge is 0.392 e. The maximum absolute atomic E-state index is 10.0. The number of unbranched alkanes of at least 4 members (excludes halogenated alkanes) is 7. The molecule has 2 nitrogen and oxygen atoms in total. The lowest BCUT2D eigenvalue weighted by Crippen LogP contribution is -1.81. The van der Waals surface area contributed by atoms with Gasteiger partial charge in [-0.05, 0) is 19.3 Å². The van der Waals surface area contributed by atoms with Crippen molar-refractivity contribution in [1.29, 1.82) is 0 Å². The molecule has 0 aliphatic heterocycles. The van der Waals surface area contributed by atoms with Crippen molar-refractivity contribution in [3.8, 4) is 0 Å². The SMILES string of the molecule is O=CCCCCCCCC/C=C/CO. The maximum Gasteiger partial charge on any atom is 0.119 e. The topological polar surface area (TPSA) is 37.3 Å². The molecule has 0 bridgehead atoms. The van der Waals surface area contributed by atoms with Gasteiger partial charge in [-0.15, -0.1) is 0 Å². The number of aliphatic hydroxyl groups excluding tert-OH is 1. The zero-order chi connectivity index (χ0) is 10.5. The van der Waals surface area contributed by atoms with E-state index in [1.54, 1.807) is 6.08 Å². The van der Waals surface area contributed by atoms with Gasteiger partial charge >= 0.3 is 0 Å². The van der Waals surface area contributed by atoms with Crippen molar-refractivity contribution in [2.24, 2.45) is 0 Å². The minimum Gasteiger partial charge on any atom is -0.392 e. The predicted octanol–water partition coefficient (Wildman–Crippen LogP) is 2.85. The molecule has 2 heteroatoms. The number of allylic oxidation sites excluding steroid dienone is 1. The summed E-state index contributed by atoms with van der Waals surface area (Å²) in [5.41, 5.74) is 0. The lowest BCUT2D eigenvalue weighted by atomic mass is 10.1. The average molecular weight is 198 g/mol. The highest BCUT2D eigenvalue weighted by Crippen LogP contribution is 2.08. The molecule has 0 amide bonds. The third-order valence-corrected chi connectivity index (χ3v) is 2.21. The molecule has 0 atom stereocenters. The van der Waals surface area contributed by atoms with Gasteiger partial charge in [-0.2, -0.15) is 0 Å². The number of carbonyl (C=O) groups is 1. The molecular formula is C12H22O2. The van der Waals surface area contributed by atoms with E-state index in [1.165, 1.54) is 32.1 Å². The summed E-state index contributed by atoms with van der Waals surface area (Å²) in [5, 5.41) is 8.47. The van der Waals surface area contributed by atoms with Crippen molar-refractivity contribution < 1.29 is 9.90 Å². The van der Waals surface area contributed by atoms with E-state index < -0.39 is 0 Å². The number of hydrogen-bond donors (Lipinski definition) is 1. The van der Waals surface area contributed by atoms with E-state index in [0.717, 1.165) is 25.5 Å². The van der Waals surface area contributed by atoms with Gasteiger partial charge in [-0.25, -0.2) is 0 Å². The van der Waals surface area contributed by atoms with Crippen molar-refractivity contribution in [1.82, 2.24) is 0 Å². The number of aliphatic hydroxyl groups is 1. The molecule has 0 aliphatic rings. The Hall–Kier alpha value is -0.630. The number of rotatable bonds is 10. The fourth-order valence-corrected chi connectivity index (χ4v) is 1.39. The van der Waals surface area contributed by atoms with Crippen molar-refractivity contribution >= 4 is 6.29 Å².